The number of hydrogen-bond acceptors (Lipinski definition) is 3. The van der Waals surface area contributed by atoms with Gasteiger partial charge in [0.15, 0.2) is 5.60 Å². The van der Waals surface area contributed by atoms with Crippen molar-refractivity contribution in [2.45, 2.75) is 90.4 Å². The number of aliphatic hydroxyl groups is 1. The van der Waals surface area contributed by atoms with Crippen LogP contribution in [0.15, 0.2) is 11.1 Å². The molecule has 0 radical (unpaired) electrons. The van der Waals surface area contributed by atoms with Gasteiger partial charge in [-0.15, -0.1) is 0 Å². The number of rotatable bonds is 4. The first-order valence-corrected chi connectivity index (χ1v) is 10.3. The van der Waals surface area contributed by atoms with Gasteiger partial charge in [0.25, 0.3) is 0 Å². The van der Waals surface area contributed by atoms with E-state index >= 15 is 0 Å². The fourth-order valence-corrected chi connectivity index (χ4v) is 5.61. The molecule has 0 amide bonds. The van der Waals surface area contributed by atoms with E-state index in [1.165, 1.54) is 38.5 Å². The highest BCUT2D eigenvalue weighted by Crippen LogP contribution is 2.63. The summed E-state index contributed by atoms with van der Waals surface area (Å²) in [6.45, 7) is 9.39. The summed E-state index contributed by atoms with van der Waals surface area (Å²) in [5, 5.41) is 11.2. The Balaban J connectivity index is 1.65. The molecule has 0 aromatic heterocycles. The van der Waals surface area contributed by atoms with E-state index < -0.39 is 17.3 Å². The van der Waals surface area contributed by atoms with Gasteiger partial charge in [0.2, 0.25) is 0 Å². The predicted molar refractivity (Wildman–Crippen MR) is 104 cm³/mol. The third-order valence-electron chi connectivity index (χ3n) is 5.87. The molecule has 146 valence electrons. The van der Waals surface area contributed by atoms with Crippen molar-refractivity contribution >= 4 is 11.6 Å². The van der Waals surface area contributed by atoms with Crippen LogP contribution in [0.5, 0.6) is 0 Å². The second-order valence-corrected chi connectivity index (χ2v) is 10.6. The summed E-state index contributed by atoms with van der Waals surface area (Å²) in [6.07, 6.45) is 8.56. The highest BCUT2D eigenvalue weighted by atomic mass is 35.5. The summed E-state index contributed by atoms with van der Waals surface area (Å²) >= 11 is 6.74. The molecular weight excluding hydrogens is 348 g/mol. The Kier molecular flexibility index (Phi) is 5.54. The van der Waals surface area contributed by atoms with Crippen molar-refractivity contribution in [1.82, 2.24) is 0 Å². The van der Waals surface area contributed by atoms with Crippen LogP contribution in [0.25, 0.3) is 0 Å². The number of aliphatic hydroxyl groups excluding tert-OH is 1. The summed E-state index contributed by atoms with van der Waals surface area (Å²) in [6, 6.07) is 0. The van der Waals surface area contributed by atoms with E-state index in [0.717, 1.165) is 22.8 Å². The highest BCUT2D eigenvalue weighted by Gasteiger charge is 2.52. The van der Waals surface area contributed by atoms with Crippen molar-refractivity contribution < 1.29 is 14.9 Å². The lowest BCUT2D eigenvalue weighted by molar-refractivity contribution is -0.384. The van der Waals surface area contributed by atoms with Crippen molar-refractivity contribution in [2.24, 2.45) is 23.2 Å². The molecule has 4 fully saturated rings. The first-order chi connectivity index (χ1) is 12.0. The molecule has 1 N–H and O–H groups in total. The smallest absolute Gasteiger partial charge is 0.158 e. The van der Waals surface area contributed by atoms with E-state index in [4.69, 9.17) is 21.4 Å². The minimum Gasteiger partial charge on any atom is -0.377 e. The fraction of sp³-hybridized carbons (Fsp3) is 0.818. The van der Waals surface area contributed by atoms with Crippen molar-refractivity contribution in [3.05, 3.63) is 11.1 Å². The van der Waals surface area contributed by atoms with Gasteiger partial charge in [0.1, 0.15) is 6.10 Å². The van der Waals surface area contributed by atoms with Gasteiger partial charge in [-0.2, -0.15) is 0 Å². The molecule has 0 heterocycles. The van der Waals surface area contributed by atoms with Crippen LogP contribution in [0, 0.1) is 35.0 Å². The topological polar surface area (TPSA) is 38.7 Å². The average Bonchev–Trinajstić information content (AvgIpc) is 2.49. The Morgan fingerprint density at radius 2 is 1.54 bits per heavy atom. The third-order valence-corrected chi connectivity index (χ3v) is 6.40. The van der Waals surface area contributed by atoms with Gasteiger partial charge in [0.05, 0.1) is 5.60 Å². The lowest BCUT2D eigenvalue weighted by Gasteiger charge is -2.56. The monoisotopic (exact) mass is 380 g/mol. The predicted octanol–water partition coefficient (Wildman–Crippen LogP) is 5.22. The lowest BCUT2D eigenvalue weighted by Crippen LogP contribution is -2.46. The van der Waals surface area contributed by atoms with E-state index in [9.17, 15) is 5.11 Å². The largest absolute Gasteiger partial charge is 0.377 e. The first kappa shape index (κ1) is 20.2. The number of allylic oxidation sites excluding steroid dienone is 1. The van der Waals surface area contributed by atoms with Crippen LogP contribution in [0.2, 0.25) is 0 Å². The van der Waals surface area contributed by atoms with Crippen molar-refractivity contribution in [3.8, 4) is 11.8 Å². The molecule has 26 heavy (non-hydrogen) atoms. The van der Waals surface area contributed by atoms with Crippen molar-refractivity contribution in [3.63, 3.8) is 0 Å². The third kappa shape index (κ3) is 4.84. The molecule has 1 atom stereocenters. The van der Waals surface area contributed by atoms with E-state index in [0.29, 0.717) is 0 Å². The van der Waals surface area contributed by atoms with Gasteiger partial charge >= 0.3 is 0 Å². The normalized spacial score (nSPS) is 35.2. The maximum absolute atomic E-state index is 10.4. The van der Waals surface area contributed by atoms with Gasteiger partial charge in [-0.05, 0) is 97.0 Å². The second kappa shape index (κ2) is 7.13. The van der Waals surface area contributed by atoms with Crippen LogP contribution in [-0.2, 0) is 9.78 Å². The van der Waals surface area contributed by atoms with Gasteiger partial charge < -0.3 is 5.11 Å². The zero-order valence-electron chi connectivity index (χ0n) is 16.8. The Morgan fingerprint density at radius 1 is 1.04 bits per heavy atom. The zero-order valence-corrected chi connectivity index (χ0v) is 17.5. The highest BCUT2D eigenvalue weighted by molar-refractivity contribution is 6.30. The quantitative estimate of drug-likeness (QED) is 0.413. The molecule has 4 heteroatoms. The molecule has 4 aliphatic carbocycles. The SMILES string of the molecule is CC(C)(C)OOC(C)(C)C#C[C@H](O)/C=C(\Cl)C12CC3CC(CC(C3)C1)C2. The van der Waals surface area contributed by atoms with Crippen molar-refractivity contribution in [1.29, 1.82) is 0 Å². The van der Waals surface area contributed by atoms with E-state index in [1.54, 1.807) is 6.08 Å². The summed E-state index contributed by atoms with van der Waals surface area (Å²) in [4.78, 5) is 10.8. The summed E-state index contributed by atoms with van der Waals surface area (Å²) in [5.41, 5.74) is -1.10. The van der Waals surface area contributed by atoms with Crippen LogP contribution in [-0.4, -0.2) is 22.4 Å². The number of halogens is 1. The molecule has 4 aliphatic rings. The van der Waals surface area contributed by atoms with Crippen LogP contribution in [0.4, 0.5) is 0 Å². The van der Waals surface area contributed by atoms with Crippen LogP contribution < -0.4 is 0 Å². The van der Waals surface area contributed by atoms with Crippen LogP contribution in [0.1, 0.15) is 73.1 Å². The fourth-order valence-electron chi connectivity index (χ4n) is 5.26. The van der Waals surface area contributed by atoms with E-state index in [1.807, 2.05) is 34.6 Å². The van der Waals surface area contributed by atoms with E-state index in [-0.39, 0.29) is 5.41 Å². The molecule has 4 saturated carbocycles. The lowest BCUT2D eigenvalue weighted by atomic mass is 9.49. The van der Waals surface area contributed by atoms with Crippen LogP contribution >= 0.6 is 11.6 Å². The Bertz CT molecular complexity index is 582. The second-order valence-electron chi connectivity index (χ2n) is 10.2. The Morgan fingerprint density at radius 3 is 2.00 bits per heavy atom. The molecule has 0 aromatic carbocycles. The molecule has 0 aliphatic heterocycles. The molecule has 0 saturated heterocycles. The maximum Gasteiger partial charge on any atom is 0.158 e. The standard InChI is InChI=1S/C22H33ClO3/c1-20(2,3)25-26-21(4,5)7-6-18(24)11-19(23)22-12-15-8-16(13-22)10-17(9-15)14-22/h11,15-18,24H,8-10,12-14H2,1-5H3/b19-11-/t15?,16?,17?,18-,22?/m0/s1. The minimum atomic E-state index is -0.881. The van der Waals surface area contributed by atoms with E-state index in [2.05, 4.69) is 11.8 Å². The molecule has 0 aromatic rings. The van der Waals surface area contributed by atoms with Gasteiger partial charge in [-0.3, -0.25) is 0 Å². The molecule has 4 rings (SSSR count). The molecule has 3 nitrogen and oxygen atoms in total. The number of hydrogen-bond donors (Lipinski definition) is 1. The Labute approximate surface area is 163 Å². The van der Waals surface area contributed by atoms with Gasteiger partial charge in [-0.1, -0.05) is 23.4 Å². The average molecular weight is 381 g/mol. The zero-order chi connectivity index (χ0) is 19.2. The van der Waals surface area contributed by atoms with Gasteiger partial charge in [-0.25, -0.2) is 9.78 Å². The first-order valence-electron chi connectivity index (χ1n) is 9.92. The minimum absolute atomic E-state index is 0.0975. The summed E-state index contributed by atoms with van der Waals surface area (Å²) < 4.78 is 0. The maximum atomic E-state index is 10.4. The molecular formula is C22H33ClO3. The summed E-state index contributed by atoms with van der Waals surface area (Å²) in [7, 11) is 0. The molecule has 4 bridgehead atoms. The van der Waals surface area contributed by atoms with Crippen LogP contribution in [0.3, 0.4) is 0 Å². The molecule has 0 spiro atoms. The van der Waals surface area contributed by atoms with Gasteiger partial charge in [0, 0.05) is 10.4 Å². The summed E-state index contributed by atoms with van der Waals surface area (Å²) in [5.74, 6) is 8.30. The molecule has 0 unspecified atom stereocenters. The van der Waals surface area contributed by atoms with Crippen molar-refractivity contribution in [2.75, 3.05) is 0 Å². The Hall–Kier alpha value is -0.530.